The van der Waals surface area contributed by atoms with Crippen LogP contribution >= 0.6 is 0 Å². The highest BCUT2D eigenvalue weighted by Gasteiger charge is 2.61. The van der Waals surface area contributed by atoms with E-state index in [2.05, 4.69) is 247 Å². The number of anilines is 8. The van der Waals surface area contributed by atoms with Crippen LogP contribution < -0.4 is 31.1 Å². The first-order valence-corrected chi connectivity index (χ1v) is 24.5. The molecule has 14 rings (SSSR count). The highest BCUT2D eigenvalue weighted by atomic mass is 15.3. The fraction of sp³-hybridized carbons (Fsp3) is 0.125. The van der Waals surface area contributed by atoms with E-state index in [1.54, 1.807) is 0 Å². The lowest BCUT2D eigenvalue weighted by Crippen LogP contribution is -2.64. The van der Waals surface area contributed by atoms with Crippen LogP contribution in [-0.4, -0.2) is 12.3 Å². The minimum atomic E-state index is -0.00988. The third-order valence-electron chi connectivity index (χ3n) is 16.6. The Balaban J connectivity index is 1.03. The summed E-state index contributed by atoms with van der Waals surface area (Å²) in [5.74, 6) is 0. The maximum Gasteiger partial charge on any atom is 0.252 e. The molecule has 0 spiro atoms. The van der Waals surface area contributed by atoms with Gasteiger partial charge in [-0.25, -0.2) is 0 Å². The molecule has 4 heteroatoms. The van der Waals surface area contributed by atoms with Crippen molar-refractivity contribution in [2.75, 3.05) is 14.7 Å². The maximum atomic E-state index is 2.81. The molecule has 3 nitrogen and oxygen atoms in total. The van der Waals surface area contributed by atoms with Crippen molar-refractivity contribution in [2.24, 2.45) is 0 Å². The Morgan fingerprint density at radius 1 is 0.471 bits per heavy atom. The molecule has 0 aromatic heterocycles. The smallest absolute Gasteiger partial charge is 0.252 e. The van der Waals surface area contributed by atoms with Crippen LogP contribution in [-0.2, 0) is 5.41 Å². The predicted octanol–water partition coefficient (Wildman–Crippen LogP) is 15.2. The van der Waals surface area contributed by atoms with E-state index < -0.39 is 0 Å². The number of fused-ring (bicyclic) bond motifs is 9. The Labute approximate surface area is 399 Å². The van der Waals surface area contributed by atoms with Crippen molar-refractivity contribution in [2.45, 2.75) is 50.5 Å². The molecule has 324 valence electrons. The van der Waals surface area contributed by atoms with Gasteiger partial charge in [-0.2, -0.15) is 0 Å². The summed E-state index contributed by atoms with van der Waals surface area (Å²) in [5.41, 5.74) is 20.4. The van der Waals surface area contributed by atoms with Gasteiger partial charge in [0.15, 0.2) is 0 Å². The molecule has 0 radical (unpaired) electrons. The molecule has 1 fully saturated rings. The van der Waals surface area contributed by atoms with Crippen LogP contribution in [0, 0.1) is 0 Å². The van der Waals surface area contributed by atoms with Crippen molar-refractivity contribution < 1.29 is 0 Å². The van der Waals surface area contributed by atoms with Crippen molar-refractivity contribution in [3.63, 3.8) is 0 Å². The number of rotatable bonds is 6. The Morgan fingerprint density at radius 3 is 1.94 bits per heavy atom. The third-order valence-corrected chi connectivity index (χ3v) is 16.6. The van der Waals surface area contributed by atoms with Gasteiger partial charge < -0.3 is 14.7 Å². The molecule has 2 atom stereocenters. The van der Waals surface area contributed by atoms with Gasteiger partial charge in [0.05, 0.1) is 11.2 Å². The summed E-state index contributed by atoms with van der Waals surface area (Å²) < 4.78 is 0. The normalized spacial score (nSPS) is 18.5. The van der Waals surface area contributed by atoms with E-state index >= 15 is 0 Å². The number of para-hydroxylation sites is 3. The lowest BCUT2D eigenvalue weighted by Gasteiger charge is -2.52. The number of benzene rings is 10. The van der Waals surface area contributed by atoms with Crippen LogP contribution in [0.1, 0.15) is 45.1 Å². The molecule has 10 aromatic carbocycles. The standard InChI is InChI=1S/C64H50BN3/c1-63-39-12-13-40-64(63,2)68-59-36-18-35-58-61(59)65(56-33-17-32-54(63)62(56)68)55-38-37-48(42-60(55)67(58)46-24-4-3-5-25-46)66(47-26-14-23-45(41-47)51-30-15-21-43-19-6-8-27-49(43)51)57-34-11-10-29-53(57)52-31-16-22-44-20-7-9-28-50(44)52/h3-11,14-38,41-42H,12-13,39-40H2,1-2H3. The van der Waals surface area contributed by atoms with Crippen molar-refractivity contribution in [1.82, 2.24) is 0 Å². The second-order valence-corrected chi connectivity index (χ2v) is 19.9. The first kappa shape index (κ1) is 39.4. The van der Waals surface area contributed by atoms with Crippen LogP contribution in [0.4, 0.5) is 45.5 Å². The fourth-order valence-corrected chi connectivity index (χ4v) is 13.3. The summed E-state index contributed by atoms with van der Waals surface area (Å²) >= 11 is 0. The molecule has 0 saturated heterocycles. The molecule has 0 N–H and O–H groups in total. The fourth-order valence-electron chi connectivity index (χ4n) is 13.3. The number of hydrogen-bond donors (Lipinski definition) is 0. The summed E-state index contributed by atoms with van der Waals surface area (Å²) in [6, 6.07) is 81.8. The van der Waals surface area contributed by atoms with E-state index in [9.17, 15) is 0 Å². The lowest BCUT2D eigenvalue weighted by atomic mass is 9.33. The van der Waals surface area contributed by atoms with Gasteiger partial charge in [-0.1, -0.05) is 184 Å². The topological polar surface area (TPSA) is 9.72 Å². The molecule has 3 aliphatic heterocycles. The van der Waals surface area contributed by atoms with Gasteiger partial charge in [0, 0.05) is 50.8 Å². The van der Waals surface area contributed by atoms with Crippen molar-refractivity contribution in [3.05, 3.63) is 224 Å². The van der Waals surface area contributed by atoms with Gasteiger partial charge in [0.1, 0.15) is 0 Å². The molecular weight excluding hydrogens is 822 g/mol. The van der Waals surface area contributed by atoms with Gasteiger partial charge in [0.25, 0.3) is 6.71 Å². The van der Waals surface area contributed by atoms with E-state index in [0.717, 1.165) is 22.7 Å². The molecule has 3 heterocycles. The minimum absolute atomic E-state index is 0.00988. The summed E-state index contributed by atoms with van der Waals surface area (Å²) in [4.78, 5) is 7.88. The zero-order chi connectivity index (χ0) is 45.1. The van der Waals surface area contributed by atoms with Gasteiger partial charge >= 0.3 is 0 Å². The summed E-state index contributed by atoms with van der Waals surface area (Å²) in [6.07, 6.45) is 4.94. The first-order valence-electron chi connectivity index (χ1n) is 24.5. The second kappa shape index (κ2) is 14.8. The van der Waals surface area contributed by atoms with E-state index in [4.69, 9.17) is 0 Å². The molecule has 68 heavy (non-hydrogen) atoms. The molecule has 4 aliphatic rings. The van der Waals surface area contributed by atoms with Crippen LogP contribution in [0.2, 0.25) is 0 Å². The number of hydrogen-bond acceptors (Lipinski definition) is 3. The van der Waals surface area contributed by atoms with Crippen LogP contribution in [0.15, 0.2) is 218 Å². The Kier molecular flexibility index (Phi) is 8.59. The average Bonchev–Trinajstić information content (AvgIpc) is 3.61. The van der Waals surface area contributed by atoms with Crippen molar-refractivity contribution in [3.8, 4) is 22.3 Å². The zero-order valence-electron chi connectivity index (χ0n) is 38.5. The molecule has 10 aromatic rings. The van der Waals surface area contributed by atoms with Gasteiger partial charge in [0.2, 0.25) is 0 Å². The van der Waals surface area contributed by atoms with Crippen LogP contribution in [0.5, 0.6) is 0 Å². The first-order chi connectivity index (χ1) is 33.5. The molecule has 1 aliphatic carbocycles. The quantitative estimate of drug-likeness (QED) is 0.154. The zero-order valence-corrected chi connectivity index (χ0v) is 38.5. The van der Waals surface area contributed by atoms with Crippen molar-refractivity contribution in [1.29, 1.82) is 0 Å². The SMILES string of the molecule is CC12CCCCC1(C)N1c3cccc4c3B(c3ccc(N(c5cccc(-c6cccc7ccccc67)c5)c5ccccc5-c5cccc6ccccc56)cc3N4c3ccccc3)c3cccc2c31. The Bertz CT molecular complexity index is 3660. The minimum Gasteiger partial charge on any atom is -0.335 e. The second-order valence-electron chi connectivity index (χ2n) is 19.9. The molecule has 1 saturated carbocycles. The van der Waals surface area contributed by atoms with Crippen LogP contribution in [0.25, 0.3) is 43.8 Å². The monoisotopic (exact) mass is 871 g/mol. The Hall–Kier alpha value is -7.82. The van der Waals surface area contributed by atoms with Crippen LogP contribution in [0.3, 0.4) is 0 Å². The van der Waals surface area contributed by atoms with Gasteiger partial charge in [-0.05, 0) is 135 Å². The largest absolute Gasteiger partial charge is 0.335 e. The van der Waals surface area contributed by atoms with Crippen molar-refractivity contribution >= 4 is 90.1 Å². The van der Waals surface area contributed by atoms with E-state index in [0.29, 0.717) is 0 Å². The molecule has 0 amide bonds. The molecule has 2 unspecified atom stereocenters. The summed E-state index contributed by atoms with van der Waals surface area (Å²) in [7, 11) is 0. The van der Waals surface area contributed by atoms with E-state index in [-0.39, 0.29) is 17.7 Å². The predicted molar refractivity (Wildman–Crippen MR) is 289 cm³/mol. The highest BCUT2D eigenvalue weighted by molar-refractivity contribution is 7.00. The highest BCUT2D eigenvalue weighted by Crippen LogP contribution is 2.61. The maximum absolute atomic E-state index is 2.81. The molecular formula is C64H50BN3. The van der Waals surface area contributed by atoms with E-state index in [1.165, 1.54) is 114 Å². The lowest BCUT2D eigenvalue weighted by molar-refractivity contribution is 0.195. The molecule has 0 bridgehead atoms. The summed E-state index contributed by atoms with van der Waals surface area (Å²) in [5, 5.41) is 4.96. The third kappa shape index (κ3) is 5.49. The average molecular weight is 872 g/mol. The number of nitrogens with zero attached hydrogens (tertiary/aromatic N) is 3. The Morgan fingerprint density at radius 2 is 1.10 bits per heavy atom. The van der Waals surface area contributed by atoms with Gasteiger partial charge in [-0.3, -0.25) is 0 Å². The van der Waals surface area contributed by atoms with E-state index in [1.807, 2.05) is 0 Å². The summed E-state index contributed by atoms with van der Waals surface area (Å²) in [6.45, 7) is 5.21. The van der Waals surface area contributed by atoms with Gasteiger partial charge in [-0.15, -0.1) is 0 Å².